The molecule has 1 atom stereocenters. The molecule has 0 saturated carbocycles. The lowest BCUT2D eigenvalue weighted by atomic mass is 10.1. The summed E-state index contributed by atoms with van der Waals surface area (Å²) in [5, 5.41) is 4.47. The Kier molecular flexibility index (Phi) is 6.13. The monoisotopic (exact) mass is 409 g/mol. The fraction of sp³-hybridized carbons (Fsp3) is 0.526. The van der Waals surface area contributed by atoms with Crippen molar-refractivity contribution in [2.75, 3.05) is 12.4 Å². The Hall–Kier alpha value is -1.57. The minimum absolute atomic E-state index is 0.00278. The lowest BCUT2D eigenvalue weighted by Gasteiger charge is -2.21. The van der Waals surface area contributed by atoms with Crippen molar-refractivity contribution in [1.82, 2.24) is 14.9 Å². The SMILES string of the molecule is CC(C)(C)NC(=O)CSc1nc2cc(Cl)ccc2c(=O)n1C[C@@H]1CCCO1. The lowest BCUT2D eigenvalue weighted by molar-refractivity contribution is -0.119. The molecule has 1 aliphatic heterocycles. The van der Waals surface area contributed by atoms with E-state index >= 15 is 0 Å². The number of nitrogens with one attached hydrogen (secondary N) is 1. The molecule has 1 aliphatic rings. The highest BCUT2D eigenvalue weighted by Gasteiger charge is 2.21. The van der Waals surface area contributed by atoms with Gasteiger partial charge in [-0.05, 0) is 51.8 Å². The van der Waals surface area contributed by atoms with Crippen LogP contribution in [0.25, 0.3) is 10.9 Å². The standard InChI is InChI=1S/C19H24ClN3O3S/c1-19(2,3)22-16(24)11-27-18-21-15-9-12(20)6-7-14(15)17(25)23(18)10-13-5-4-8-26-13/h6-7,9,13H,4-5,8,10-11H2,1-3H3,(H,22,24)/t13-/m0/s1. The van der Waals surface area contributed by atoms with E-state index in [1.807, 2.05) is 20.8 Å². The Labute approximate surface area is 167 Å². The zero-order chi connectivity index (χ0) is 19.6. The fourth-order valence-corrected chi connectivity index (χ4v) is 4.00. The summed E-state index contributed by atoms with van der Waals surface area (Å²) in [5.74, 6) is 0.0815. The van der Waals surface area contributed by atoms with E-state index in [-0.39, 0.29) is 28.9 Å². The van der Waals surface area contributed by atoms with E-state index in [1.165, 1.54) is 11.8 Å². The molecule has 1 amide bonds. The number of amides is 1. The number of benzene rings is 1. The van der Waals surface area contributed by atoms with Crippen LogP contribution >= 0.6 is 23.4 Å². The molecule has 27 heavy (non-hydrogen) atoms. The Morgan fingerprint density at radius 3 is 2.89 bits per heavy atom. The molecule has 0 spiro atoms. The van der Waals surface area contributed by atoms with Gasteiger partial charge < -0.3 is 10.1 Å². The molecule has 1 N–H and O–H groups in total. The molecule has 1 fully saturated rings. The number of aromatic nitrogens is 2. The van der Waals surface area contributed by atoms with Gasteiger partial charge in [0.25, 0.3) is 5.56 Å². The first kappa shape index (κ1) is 20.2. The van der Waals surface area contributed by atoms with E-state index in [2.05, 4.69) is 10.3 Å². The van der Waals surface area contributed by atoms with E-state index in [0.29, 0.717) is 34.2 Å². The van der Waals surface area contributed by atoms with Crippen LogP contribution in [0.3, 0.4) is 0 Å². The van der Waals surface area contributed by atoms with Crippen LogP contribution in [-0.2, 0) is 16.1 Å². The van der Waals surface area contributed by atoms with Gasteiger partial charge in [0.1, 0.15) is 0 Å². The van der Waals surface area contributed by atoms with Crippen LogP contribution in [-0.4, -0.2) is 39.5 Å². The number of carbonyl (C=O) groups is 1. The van der Waals surface area contributed by atoms with Crippen molar-refractivity contribution in [3.63, 3.8) is 0 Å². The maximum atomic E-state index is 13.0. The van der Waals surface area contributed by atoms with Crippen LogP contribution in [0.1, 0.15) is 33.6 Å². The predicted octanol–water partition coefficient (Wildman–Crippen LogP) is 3.24. The Balaban J connectivity index is 1.92. The molecular formula is C19H24ClN3O3S. The summed E-state index contributed by atoms with van der Waals surface area (Å²) in [5.41, 5.74) is 0.0972. The molecule has 0 unspecified atom stereocenters. The molecule has 2 heterocycles. The molecule has 0 aliphatic carbocycles. The van der Waals surface area contributed by atoms with Crippen LogP contribution in [0.15, 0.2) is 28.2 Å². The number of thioether (sulfide) groups is 1. The quantitative estimate of drug-likeness (QED) is 0.606. The molecule has 0 radical (unpaired) electrons. The molecule has 146 valence electrons. The van der Waals surface area contributed by atoms with Gasteiger partial charge in [0.05, 0.1) is 29.3 Å². The van der Waals surface area contributed by atoms with E-state index in [1.54, 1.807) is 22.8 Å². The molecular weight excluding hydrogens is 386 g/mol. The number of rotatable bonds is 5. The van der Waals surface area contributed by atoms with Crippen molar-refractivity contribution >= 4 is 40.2 Å². The largest absolute Gasteiger partial charge is 0.376 e. The maximum Gasteiger partial charge on any atom is 0.262 e. The summed E-state index contributed by atoms with van der Waals surface area (Å²) in [6, 6.07) is 5.06. The van der Waals surface area contributed by atoms with Gasteiger partial charge in [0, 0.05) is 17.2 Å². The smallest absolute Gasteiger partial charge is 0.262 e. The van der Waals surface area contributed by atoms with Crippen molar-refractivity contribution in [2.24, 2.45) is 0 Å². The van der Waals surface area contributed by atoms with E-state index in [0.717, 1.165) is 12.8 Å². The van der Waals surface area contributed by atoms with Gasteiger partial charge in [-0.15, -0.1) is 0 Å². The van der Waals surface area contributed by atoms with Crippen LogP contribution in [0.4, 0.5) is 0 Å². The first-order chi connectivity index (χ1) is 12.7. The second kappa shape index (κ2) is 8.20. The highest BCUT2D eigenvalue weighted by atomic mass is 35.5. The second-order valence-corrected chi connectivity index (χ2v) is 9.07. The van der Waals surface area contributed by atoms with E-state index in [9.17, 15) is 9.59 Å². The summed E-state index contributed by atoms with van der Waals surface area (Å²) in [6.45, 7) is 6.94. The minimum atomic E-state index is -0.306. The Morgan fingerprint density at radius 1 is 1.44 bits per heavy atom. The summed E-state index contributed by atoms with van der Waals surface area (Å²) in [7, 11) is 0. The molecule has 1 saturated heterocycles. The third-order valence-corrected chi connectivity index (χ3v) is 5.35. The molecule has 0 bridgehead atoms. The van der Waals surface area contributed by atoms with Crippen molar-refractivity contribution in [3.8, 4) is 0 Å². The molecule has 6 nitrogen and oxygen atoms in total. The third-order valence-electron chi connectivity index (χ3n) is 4.14. The van der Waals surface area contributed by atoms with Crippen LogP contribution in [0, 0.1) is 0 Å². The van der Waals surface area contributed by atoms with Gasteiger partial charge in [-0.3, -0.25) is 14.2 Å². The van der Waals surface area contributed by atoms with Crippen LogP contribution in [0.2, 0.25) is 5.02 Å². The Morgan fingerprint density at radius 2 is 2.22 bits per heavy atom. The summed E-state index contributed by atoms with van der Waals surface area (Å²) in [6.07, 6.45) is 1.91. The number of nitrogens with zero attached hydrogens (tertiary/aromatic N) is 2. The van der Waals surface area contributed by atoms with Crippen LogP contribution in [0.5, 0.6) is 0 Å². The third kappa shape index (κ3) is 5.24. The average Bonchev–Trinajstić information content (AvgIpc) is 3.07. The molecule has 2 aromatic rings. The van der Waals surface area contributed by atoms with Crippen LogP contribution < -0.4 is 10.9 Å². The number of hydrogen-bond acceptors (Lipinski definition) is 5. The normalized spacial score (nSPS) is 17.4. The summed E-state index contributed by atoms with van der Waals surface area (Å²) >= 11 is 7.32. The number of halogens is 1. The number of ether oxygens (including phenoxy) is 1. The number of carbonyl (C=O) groups excluding carboxylic acids is 1. The molecule has 1 aromatic heterocycles. The average molecular weight is 410 g/mol. The molecule has 1 aromatic carbocycles. The van der Waals surface area contributed by atoms with Gasteiger partial charge in [0.15, 0.2) is 5.16 Å². The predicted molar refractivity (Wildman–Crippen MR) is 109 cm³/mol. The van der Waals surface area contributed by atoms with Crippen molar-refractivity contribution in [3.05, 3.63) is 33.6 Å². The first-order valence-corrected chi connectivity index (χ1v) is 10.3. The van der Waals surface area contributed by atoms with Gasteiger partial charge in [-0.2, -0.15) is 0 Å². The molecule has 3 rings (SSSR count). The summed E-state index contributed by atoms with van der Waals surface area (Å²) < 4.78 is 7.32. The van der Waals surface area contributed by atoms with Gasteiger partial charge >= 0.3 is 0 Å². The van der Waals surface area contributed by atoms with Gasteiger partial charge in [0.2, 0.25) is 5.91 Å². The topological polar surface area (TPSA) is 73.2 Å². The second-order valence-electron chi connectivity index (χ2n) is 7.69. The van der Waals surface area contributed by atoms with Gasteiger partial charge in [-0.1, -0.05) is 23.4 Å². The Bertz CT molecular complexity index is 901. The first-order valence-electron chi connectivity index (χ1n) is 8.98. The zero-order valence-corrected chi connectivity index (χ0v) is 17.3. The van der Waals surface area contributed by atoms with Crippen molar-refractivity contribution in [1.29, 1.82) is 0 Å². The number of fused-ring (bicyclic) bond motifs is 1. The maximum absolute atomic E-state index is 13.0. The van der Waals surface area contributed by atoms with Crippen molar-refractivity contribution < 1.29 is 9.53 Å². The van der Waals surface area contributed by atoms with E-state index < -0.39 is 0 Å². The van der Waals surface area contributed by atoms with Gasteiger partial charge in [-0.25, -0.2) is 4.98 Å². The highest BCUT2D eigenvalue weighted by Crippen LogP contribution is 2.22. The van der Waals surface area contributed by atoms with Crippen molar-refractivity contribution in [2.45, 2.75) is 57.0 Å². The van der Waals surface area contributed by atoms with E-state index in [4.69, 9.17) is 16.3 Å². The summed E-state index contributed by atoms with van der Waals surface area (Å²) in [4.78, 5) is 29.8. The lowest BCUT2D eigenvalue weighted by Crippen LogP contribution is -2.41. The minimum Gasteiger partial charge on any atom is -0.376 e. The number of hydrogen-bond donors (Lipinski definition) is 1. The highest BCUT2D eigenvalue weighted by molar-refractivity contribution is 7.99. The molecule has 8 heteroatoms. The zero-order valence-electron chi connectivity index (χ0n) is 15.8. The fourth-order valence-electron chi connectivity index (χ4n) is 3.02.